The summed E-state index contributed by atoms with van der Waals surface area (Å²) in [7, 11) is 0. The van der Waals surface area contributed by atoms with E-state index in [0.29, 0.717) is 0 Å². The van der Waals surface area contributed by atoms with Gasteiger partial charge >= 0.3 is 0 Å². The number of hydrogen-bond acceptors (Lipinski definition) is 2. The molecule has 1 aromatic rings. The molecule has 0 fully saturated rings. The average Bonchev–Trinajstić information content (AvgIpc) is 2.37. The Morgan fingerprint density at radius 3 is 1.06 bits per heavy atom. The number of quaternary nitrogens is 1. The normalized spacial score (nSPS) is 10.6. The second-order valence-electron chi connectivity index (χ2n) is 4.12. The first-order valence-electron chi connectivity index (χ1n) is 6.36. The molecule has 1 aromatic carbocycles. The Morgan fingerprint density at radius 2 is 0.941 bits per heavy atom. The maximum absolute atomic E-state index is 8.65. The minimum Gasteiger partial charge on any atom is -0.508 e. The van der Waals surface area contributed by atoms with Gasteiger partial charge in [0.05, 0.1) is 26.2 Å². The van der Waals surface area contributed by atoms with E-state index in [1.165, 1.54) is 54.9 Å². The number of phenolic OH excluding ortho intramolecular Hbond substituents is 2. The molecule has 0 aliphatic rings. The van der Waals surface area contributed by atoms with Crippen LogP contribution in [0.4, 0.5) is 0 Å². The van der Waals surface area contributed by atoms with E-state index in [-0.39, 0.29) is 11.5 Å². The number of hydrogen-bond donors (Lipinski definition) is 2. The van der Waals surface area contributed by atoms with Crippen molar-refractivity contribution in [1.82, 2.24) is 0 Å². The zero-order valence-corrected chi connectivity index (χ0v) is 11.5. The minimum atomic E-state index is 0.169. The first-order valence-corrected chi connectivity index (χ1v) is 6.36. The van der Waals surface area contributed by atoms with Gasteiger partial charge in [0, 0.05) is 0 Å². The monoisotopic (exact) mass is 240 g/mol. The topological polar surface area (TPSA) is 40.5 Å². The van der Waals surface area contributed by atoms with E-state index in [1.807, 2.05) is 0 Å². The predicted octanol–water partition coefficient (Wildman–Crippen LogP) is 2.98. The SMILES string of the molecule is CC[N+](CC)(CC)CC.Oc1ccc(O)cc1. The minimum absolute atomic E-state index is 0.169. The third kappa shape index (κ3) is 5.59. The van der Waals surface area contributed by atoms with Crippen molar-refractivity contribution in [3.63, 3.8) is 0 Å². The Morgan fingerprint density at radius 1 is 0.706 bits per heavy atom. The molecule has 0 aromatic heterocycles. The summed E-state index contributed by atoms with van der Waals surface area (Å²) in [6.07, 6.45) is 0. The Labute approximate surface area is 105 Å². The van der Waals surface area contributed by atoms with Crippen molar-refractivity contribution in [2.45, 2.75) is 27.7 Å². The van der Waals surface area contributed by atoms with Crippen molar-refractivity contribution in [1.29, 1.82) is 0 Å². The van der Waals surface area contributed by atoms with Crippen LogP contribution in [0.1, 0.15) is 27.7 Å². The highest BCUT2D eigenvalue weighted by Crippen LogP contribution is 2.13. The highest BCUT2D eigenvalue weighted by atomic mass is 16.3. The highest BCUT2D eigenvalue weighted by Gasteiger charge is 2.16. The van der Waals surface area contributed by atoms with E-state index in [0.717, 1.165) is 0 Å². The van der Waals surface area contributed by atoms with Crippen LogP contribution in [-0.2, 0) is 0 Å². The molecule has 0 radical (unpaired) electrons. The summed E-state index contributed by atoms with van der Waals surface area (Å²) in [5, 5.41) is 17.3. The van der Waals surface area contributed by atoms with E-state index in [2.05, 4.69) is 27.7 Å². The summed E-state index contributed by atoms with van der Waals surface area (Å²) in [6, 6.07) is 5.70. The Kier molecular flexibility index (Phi) is 7.39. The molecule has 0 heterocycles. The number of rotatable bonds is 4. The lowest BCUT2D eigenvalue weighted by Crippen LogP contribution is -2.47. The van der Waals surface area contributed by atoms with E-state index in [1.54, 1.807) is 0 Å². The molecule has 0 saturated carbocycles. The zero-order valence-electron chi connectivity index (χ0n) is 11.5. The standard InChI is InChI=1S/C8H20N.C6H6O2/c1-5-9(6-2,7-3)8-4;7-5-1-2-6(8)4-3-5/h5-8H2,1-4H3;1-4,7-8H/q+1;. The highest BCUT2D eigenvalue weighted by molar-refractivity contribution is 5.28. The molecule has 0 aliphatic carbocycles. The fourth-order valence-corrected chi connectivity index (χ4v) is 1.79. The Hall–Kier alpha value is -1.22. The van der Waals surface area contributed by atoms with Gasteiger partial charge in [-0.1, -0.05) is 0 Å². The second kappa shape index (κ2) is 7.96. The summed E-state index contributed by atoms with van der Waals surface area (Å²) < 4.78 is 1.28. The van der Waals surface area contributed by atoms with Crippen LogP contribution in [0.15, 0.2) is 24.3 Å². The van der Waals surface area contributed by atoms with Crippen LogP contribution in [0.2, 0.25) is 0 Å². The van der Waals surface area contributed by atoms with Gasteiger partial charge in [0.15, 0.2) is 0 Å². The fourth-order valence-electron chi connectivity index (χ4n) is 1.79. The Bertz CT molecular complexity index is 253. The third-order valence-electron chi connectivity index (χ3n) is 3.53. The van der Waals surface area contributed by atoms with Gasteiger partial charge < -0.3 is 14.7 Å². The van der Waals surface area contributed by atoms with Crippen molar-refractivity contribution in [2.24, 2.45) is 0 Å². The molecule has 0 spiro atoms. The maximum Gasteiger partial charge on any atom is 0.115 e. The summed E-state index contributed by atoms with van der Waals surface area (Å²) in [5.41, 5.74) is 0. The van der Waals surface area contributed by atoms with Crippen LogP contribution in [0.5, 0.6) is 11.5 Å². The molecule has 17 heavy (non-hydrogen) atoms. The number of aromatic hydroxyl groups is 2. The summed E-state index contributed by atoms with van der Waals surface area (Å²) in [5.74, 6) is 0.339. The summed E-state index contributed by atoms with van der Waals surface area (Å²) in [6.45, 7) is 14.2. The van der Waals surface area contributed by atoms with E-state index < -0.39 is 0 Å². The van der Waals surface area contributed by atoms with Gasteiger partial charge in [-0.15, -0.1) is 0 Å². The largest absolute Gasteiger partial charge is 0.508 e. The quantitative estimate of drug-likeness (QED) is 0.627. The Balaban J connectivity index is 0.000000302. The van der Waals surface area contributed by atoms with E-state index in [9.17, 15) is 0 Å². The maximum atomic E-state index is 8.65. The number of phenols is 2. The van der Waals surface area contributed by atoms with Crippen molar-refractivity contribution in [2.75, 3.05) is 26.2 Å². The van der Waals surface area contributed by atoms with Crippen molar-refractivity contribution >= 4 is 0 Å². The van der Waals surface area contributed by atoms with E-state index >= 15 is 0 Å². The van der Waals surface area contributed by atoms with Crippen molar-refractivity contribution in [3.8, 4) is 11.5 Å². The van der Waals surface area contributed by atoms with Crippen LogP contribution in [0.25, 0.3) is 0 Å². The van der Waals surface area contributed by atoms with Gasteiger partial charge in [0.25, 0.3) is 0 Å². The van der Waals surface area contributed by atoms with Crippen LogP contribution < -0.4 is 0 Å². The summed E-state index contributed by atoms with van der Waals surface area (Å²) >= 11 is 0. The molecule has 2 N–H and O–H groups in total. The lowest BCUT2D eigenvalue weighted by atomic mass is 10.3. The third-order valence-corrected chi connectivity index (χ3v) is 3.53. The van der Waals surface area contributed by atoms with Crippen LogP contribution in [-0.4, -0.2) is 40.9 Å². The summed E-state index contributed by atoms with van der Waals surface area (Å²) in [4.78, 5) is 0. The molecule has 0 unspecified atom stereocenters. The van der Waals surface area contributed by atoms with Crippen molar-refractivity contribution < 1.29 is 14.7 Å². The van der Waals surface area contributed by atoms with Gasteiger partial charge in [-0.3, -0.25) is 0 Å². The van der Waals surface area contributed by atoms with Crippen LogP contribution in [0, 0.1) is 0 Å². The average molecular weight is 240 g/mol. The van der Waals surface area contributed by atoms with Gasteiger partial charge in [-0.25, -0.2) is 0 Å². The first kappa shape index (κ1) is 15.8. The molecule has 0 atom stereocenters. The number of nitrogens with zero attached hydrogens (tertiary/aromatic N) is 1. The molecule has 0 saturated heterocycles. The van der Waals surface area contributed by atoms with Gasteiger partial charge in [0.2, 0.25) is 0 Å². The lowest BCUT2D eigenvalue weighted by molar-refractivity contribution is -0.921. The molecule has 0 bridgehead atoms. The van der Waals surface area contributed by atoms with E-state index in [4.69, 9.17) is 10.2 Å². The van der Waals surface area contributed by atoms with Gasteiger partial charge in [-0.05, 0) is 52.0 Å². The fraction of sp³-hybridized carbons (Fsp3) is 0.571. The van der Waals surface area contributed by atoms with Crippen LogP contribution >= 0.6 is 0 Å². The molecule has 3 nitrogen and oxygen atoms in total. The smallest absolute Gasteiger partial charge is 0.115 e. The van der Waals surface area contributed by atoms with Crippen LogP contribution in [0.3, 0.4) is 0 Å². The molecule has 98 valence electrons. The molecular formula is C14H26NO2+. The zero-order chi connectivity index (χ0) is 13.3. The molecule has 0 aliphatic heterocycles. The van der Waals surface area contributed by atoms with Gasteiger partial charge in [-0.2, -0.15) is 0 Å². The lowest BCUT2D eigenvalue weighted by Gasteiger charge is -2.34. The molecular weight excluding hydrogens is 214 g/mol. The van der Waals surface area contributed by atoms with Crippen molar-refractivity contribution in [3.05, 3.63) is 24.3 Å². The first-order chi connectivity index (χ1) is 8.03. The predicted molar refractivity (Wildman–Crippen MR) is 72.2 cm³/mol. The molecule has 0 amide bonds. The molecule has 3 heteroatoms. The number of benzene rings is 1. The second-order valence-corrected chi connectivity index (χ2v) is 4.12. The van der Waals surface area contributed by atoms with Gasteiger partial charge in [0.1, 0.15) is 11.5 Å². The molecule has 1 rings (SSSR count).